The predicted octanol–water partition coefficient (Wildman–Crippen LogP) is 2.73. The Morgan fingerprint density at radius 1 is 1.29 bits per heavy atom. The lowest BCUT2D eigenvalue weighted by Crippen LogP contribution is -2.43. The molecule has 1 aromatic heterocycles. The molecule has 1 amide bonds. The van der Waals surface area contributed by atoms with Crippen LogP contribution in [0.1, 0.15) is 56.9 Å². The molecule has 0 aliphatic carbocycles. The van der Waals surface area contributed by atoms with Crippen LogP contribution in [0.15, 0.2) is 12.4 Å². The maximum absolute atomic E-state index is 12.7. The molecule has 21 heavy (non-hydrogen) atoms. The fraction of sp³-hybridized carbons (Fsp3) is 0.688. The molecule has 2 rings (SSSR count). The summed E-state index contributed by atoms with van der Waals surface area (Å²) in [7, 11) is 0. The van der Waals surface area contributed by atoms with Crippen LogP contribution < -0.4 is 4.90 Å². The standard InChI is InChI=1S/C16H26N4O/c1-4-13-9-7-8-10-20(13)16(21)14-11-15(18-12-17-14)19(5-2)6-3/h11-13H,4-10H2,1-3H3. The van der Waals surface area contributed by atoms with Crippen LogP contribution in [0.5, 0.6) is 0 Å². The minimum atomic E-state index is 0.0531. The quantitative estimate of drug-likeness (QED) is 0.836. The van der Waals surface area contributed by atoms with E-state index in [9.17, 15) is 4.79 Å². The molecule has 0 radical (unpaired) electrons. The number of likely N-dealkylation sites (tertiary alicyclic amines) is 1. The molecule has 0 bridgehead atoms. The summed E-state index contributed by atoms with van der Waals surface area (Å²) in [6.45, 7) is 8.93. The third-order valence-corrected chi connectivity index (χ3v) is 4.32. The molecule has 5 nitrogen and oxygen atoms in total. The number of aromatic nitrogens is 2. The Morgan fingerprint density at radius 2 is 2.05 bits per heavy atom. The van der Waals surface area contributed by atoms with Gasteiger partial charge in [0.2, 0.25) is 0 Å². The van der Waals surface area contributed by atoms with Crippen LogP contribution in [0.25, 0.3) is 0 Å². The summed E-state index contributed by atoms with van der Waals surface area (Å²) in [4.78, 5) is 25.4. The highest BCUT2D eigenvalue weighted by Crippen LogP contribution is 2.22. The van der Waals surface area contributed by atoms with Gasteiger partial charge in [0.25, 0.3) is 5.91 Å². The summed E-state index contributed by atoms with van der Waals surface area (Å²) in [5.41, 5.74) is 0.521. The Bertz CT molecular complexity index is 473. The van der Waals surface area contributed by atoms with Crippen LogP contribution in [-0.4, -0.2) is 46.5 Å². The smallest absolute Gasteiger partial charge is 0.272 e. The number of amides is 1. The molecule has 1 fully saturated rings. The summed E-state index contributed by atoms with van der Waals surface area (Å²) >= 11 is 0. The Hall–Kier alpha value is -1.65. The molecule has 1 aliphatic rings. The maximum Gasteiger partial charge on any atom is 0.272 e. The van der Waals surface area contributed by atoms with Gasteiger partial charge in [-0.15, -0.1) is 0 Å². The SMILES string of the molecule is CCC1CCCCN1C(=O)c1cc(N(CC)CC)ncn1. The minimum Gasteiger partial charge on any atom is -0.357 e. The van der Waals surface area contributed by atoms with Gasteiger partial charge < -0.3 is 9.80 Å². The van der Waals surface area contributed by atoms with Crippen molar-refractivity contribution in [2.45, 2.75) is 52.5 Å². The van der Waals surface area contributed by atoms with Gasteiger partial charge in [0, 0.05) is 31.7 Å². The van der Waals surface area contributed by atoms with Crippen LogP contribution >= 0.6 is 0 Å². The lowest BCUT2D eigenvalue weighted by atomic mass is 9.99. The van der Waals surface area contributed by atoms with Crippen molar-refractivity contribution in [1.29, 1.82) is 0 Å². The summed E-state index contributed by atoms with van der Waals surface area (Å²) in [6, 6.07) is 2.19. The van der Waals surface area contributed by atoms with Gasteiger partial charge in [0.1, 0.15) is 17.8 Å². The van der Waals surface area contributed by atoms with Gasteiger partial charge in [0.15, 0.2) is 0 Å². The Labute approximate surface area is 127 Å². The molecule has 0 aromatic carbocycles. The zero-order chi connectivity index (χ0) is 15.2. The second-order valence-electron chi connectivity index (χ2n) is 5.49. The van der Waals surface area contributed by atoms with E-state index in [1.807, 2.05) is 11.0 Å². The summed E-state index contributed by atoms with van der Waals surface area (Å²) < 4.78 is 0. The fourth-order valence-electron chi connectivity index (χ4n) is 3.02. The third-order valence-electron chi connectivity index (χ3n) is 4.32. The van der Waals surface area contributed by atoms with Gasteiger partial charge in [-0.2, -0.15) is 0 Å². The molecule has 0 N–H and O–H groups in total. The van der Waals surface area contributed by atoms with Gasteiger partial charge in [-0.05, 0) is 39.5 Å². The number of rotatable bonds is 5. The molecule has 116 valence electrons. The van der Waals surface area contributed by atoms with E-state index in [0.717, 1.165) is 44.7 Å². The first-order valence-electron chi connectivity index (χ1n) is 8.09. The van der Waals surface area contributed by atoms with E-state index in [4.69, 9.17) is 0 Å². The number of hydrogen-bond acceptors (Lipinski definition) is 4. The lowest BCUT2D eigenvalue weighted by molar-refractivity contribution is 0.0602. The van der Waals surface area contributed by atoms with E-state index in [1.54, 1.807) is 0 Å². The normalized spacial score (nSPS) is 18.6. The van der Waals surface area contributed by atoms with E-state index < -0.39 is 0 Å². The van der Waals surface area contributed by atoms with Crippen molar-refractivity contribution in [2.24, 2.45) is 0 Å². The van der Waals surface area contributed by atoms with Gasteiger partial charge in [-0.1, -0.05) is 6.92 Å². The van der Waals surface area contributed by atoms with Crippen molar-refractivity contribution in [3.05, 3.63) is 18.1 Å². The molecule has 1 atom stereocenters. The van der Waals surface area contributed by atoms with Crippen molar-refractivity contribution >= 4 is 11.7 Å². The lowest BCUT2D eigenvalue weighted by Gasteiger charge is -2.35. The fourth-order valence-corrected chi connectivity index (χ4v) is 3.02. The van der Waals surface area contributed by atoms with Gasteiger partial charge >= 0.3 is 0 Å². The number of carbonyl (C=O) groups is 1. The summed E-state index contributed by atoms with van der Waals surface area (Å²) in [5.74, 6) is 0.890. The van der Waals surface area contributed by atoms with Crippen molar-refractivity contribution in [3.8, 4) is 0 Å². The number of hydrogen-bond donors (Lipinski definition) is 0. The number of nitrogens with zero attached hydrogens (tertiary/aromatic N) is 4. The van der Waals surface area contributed by atoms with Crippen molar-refractivity contribution in [1.82, 2.24) is 14.9 Å². The second-order valence-corrected chi connectivity index (χ2v) is 5.49. The van der Waals surface area contributed by atoms with Crippen LogP contribution in [0.2, 0.25) is 0 Å². The molecule has 5 heteroatoms. The van der Waals surface area contributed by atoms with E-state index in [0.29, 0.717) is 11.7 Å². The summed E-state index contributed by atoms with van der Waals surface area (Å²) in [5, 5.41) is 0. The molecule has 1 unspecified atom stereocenters. The molecule has 0 saturated carbocycles. The first kappa shape index (κ1) is 15.7. The van der Waals surface area contributed by atoms with Crippen molar-refractivity contribution in [2.75, 3.05) is 24.5 Å². The largest absolute Gasteiger partial charge is 0.357 e. The molecule has 1 aromatic rings. The Morgan fingerprint density at radius 3 is 2.71 bits per heavy atom. The maximum atomic E-state index is 12.7. The summed E-state index contributed by atoms with van der Waals surface area (Å²) in [6.07, 6.45) is 5.94. The predicted molar refractivity (Wildman–Crippen MR) is 84.6 cm³/mol. The third kappa shape index (κ3) is 3.52. The van der Waals surface area contributed by atoms with Crippen LogP contribution in [0.4, 0.5) is 5.82 Å². The molecule has 0 spiro atoms. The first-order chi connectivity index (χ1) is 10.2. The first-order valence-corrected chi connectivity index (χ1v) is 8.09. The number of piperidine rings is 1. The van der Waals surface area contributed by atoms with E-state index in [-0.39, 0.29) is 5.91 Å². The second kappa shape index (κ2) is 7.38. The van der Waals surface area contributed by atoms with Crippen LogP contribution in [0, 0.1) is 0 Å². The highest BCUT2D eigenvalue weighted by atomic mass is 16.2. The Balaban J connectivity index is 2.20. The zero-order valence-electron chi connectivity index (χ0n) is 13.4. The minimum absolute atomic E-state index is 0.0531. The van der Waals surface area contributed by atoms with Crippen LogP contribution in [-0.2, 0) is 0 Å². The highest BCUT2D eigenvalue weighted by molar-refractivity contribution is 5.93. The van der Waals surface area contributed by atoms with Gasteiger partial charge in [-0.3, -0.25) is 4.79 Å². The monoisotopic (exact) mass is 290 g/mol. The van der Waals surface area contributed by atoms with E-state index in [2.05, 4.69) is 35.6 Å². The van der Waals surface area contributed by atoms with Gasteiger partial charge in [-0.25, -0.2) is 9.97 Å². The zero-order valence-corrected chi connectivity index (χ0v) is 13.4. The number of anilines is 1. The Kier molecular flexibility index (Phi) is 5.53. The average molecular weight is 290 g/mol. The molecule has 1 aliphatic heterocycles. The number of carbonyl (C=O) groups excluding carboxylic acids is 1. The topological polar surface area (TPSA) is 49.3 Å². The molecular weight excluding hydrogens is 264 g/mol. The highest BCUT2D eigenvalue weighted by Gasteiger charge is 2.27. The van der Waals surface area contributed by atoms with Crippen molar-refractivity contribution < 1.29 is 4.79 Å². The van der Waals surface area contributed by atoms with Gasteiger partial charge in [0.05, 0.1) is 0 Å². The van der Waals surface area contributed by atoms with E-state index >= 15 is 0 Å². The molecular formula is C16H26N4O. The van der Waals surface area contributed by atoms with Crippen molar-refractivity contribution in [3.63, 3.8) is 0 Å². The molecule has 2 heterocycles. The van der Waals surface area contributed by atoms with Crippen LogP contribution in [0.3, 0.4) is 0 Å². The molecule has 1 saturated heterocycles. The average Bonchev–Trinajstić information content (AvgIpc) is 2.55. The van der Waals surface area contributed by atoms with E-state index in [1.165, 1.54) is 12.7 Å².